The molecule has 0 atom stereocenters. The second kappa shape index (κ2) is 7.24. The van der Waals surface area contributed by atoms with Crippen LogP contribution in [-0.4, -0.2) is 10.9 Å². The molecule has 4 nitrogen and oxygen atoms in total. The molecule has 0 unspecified atom stereocenters. The van der Waals surface area contributed by atoms with Crippen molar-refractivity contribution in [2.24, 2.45) is 0 Å². The van der Waals surface area contributed by atoms with Gasteiger partial charge in [-0.2, -0.15) is 0 Å². The van der Waals surface area contributed by atoms with Crippen LogP contribution in [0.2, 0.25) is 0 Å². The third-order valence-electron chi connectivity index (χ3n) is 3.36. The van der Waals surface area contributed by atoms with Gasteiger partial charge in [0, 0.05) is 10.5 Å². The summed E-state index contributed by atoms with van der Waals surface area (Å²) in [5, 5.41) is 3.89. The summed E-state index contributed by atoms with van der Waals surface area (Å²) in [6, 6.07) is 16.1. The molecule has 2 N–H and O–H groups in total. The summed E-state index contributed by atoms with van der Waals surface area (Å²) in [5.41, 5.74) is 9.03. The lowest BCUT2D eigenvalue weighted by Gasteiger charge is -2.07. The van der Waals surface area contributed by atoms with Gasteiger partial charge < -0.3 is 15.0 Å². The van der Waals surface area contributed by atoms with E-state index in [1.165, 1.54) is 11.2 Å². The number of ether oxygens (including phenoxy) is 1. The summed E-state index contributed by atoms with van der Waals surface area (Å²) >= 11 is 1.84. The maximum absolute atomic E-state index is 5.81. The van der Waals surface area contributed by atoms with E-state index in [-0.39, 0.29) is 0 Å². The van der Waals surface area contributed by atoms with Crippen molar-refractivity contribution in [3.63, 3.8) is 0 Å². The van der Waals surface area contributed by atoms with Gasteiger partial charge >= 0.3 is 0 Å². The Morgan fingerprint density at radius 1 is 1.09 bits per heavy atom. The maximum Gasteiger partial charge on any atom is 0.147 e. The molecule has 0 saturated carbocycles. The Bertz CT molecular complexity index is 751. The minimum atomic E-state index is 0.531. The van der Waals surface area contributed by atoms with Crippen molar-refractivity contribution in [1.82, 2.24) is 5.16 Å². The lowest BCUT2D eigenvalue weighted by atomic mass is 10.1. The molecule has 23 heavy (non-hydrogen) atoms. The van der Waals surface area contributed by atoms with E-state index in [9.17, 15) is 0 Å². The van der Waals surface area contributed by atoms with Crippen LogP contribution >= 0.6 is 11.8 Å². The van der Waals surface area contributed by atoms with Crippen molar-refractivity contribution < 1.29 is 9.26 Å². The first kappa shape index (κ1) is 15.5. The minimum Gasteiger partial charge on any atom is -0.489 e. The van der Waals surface area contributed by atoms with Crippen LogP contribution in [0.15, 0.2) is 64.2 Å². The molecule has 0 bridgehead atoms. The fourth-order valence-electron chi connectivity index (χ4n) is 2.19. The van der Waals surface area contributed by atoms with E-state index in [4.69, 9.17) is 15.0 Å². The Balaban J connectivity index is 1.61. The summed E-state index contributed by atoms with van der Waals surface area (Å²) in [5.74, 6) is 1.89. The average molecular weight is 326 g/mol. The van der Waals surface area contributed by atoms with Crippen LogP contribution in [0, 0.1) is 0 Å². The standard InChI is InChI=1S/C18H18N2O2S/c1-2-23-16-9-3-13(4-10-16)11-21-15-7-5-14(6-8-15)18-17(19)12-22-20-18/h3-10,12H,2,11,19H2,1H3. The third kappa shape index (κ3) is 3.87. The topological polar surface area (TPSA) is 61.3 Å². The van der Waals surface area contributed by atoms with Crippen LogP contribution in [-0.2, 0) is 6.61 Å². The monoisotopic (exact) mass is 326 g/mol. The first-order valence-electron chi connectivity index (χ1n) is 7.41. The molecule has 0 aliphatic rings. The van der Waals surface area contributed by atoms with Gasteiger partial charge in [0.15, 0.2) is 0 Å². The van der Waals surface area contributed by atoms with E-state index >= 15 is 0 Å². The molecule has 1 aromatic heterocycles. The Morgan fingerprint density at radius 2 is 1.83 bits per heavy atom. The van der Waals surface area contributed by atoms with Crippen molar-refractivity contribution in [1.29, 1.82) is 0 Å². The predicted molar refractivity (Wildman–Crippen MR) is 93.5 cm³/mol. The van der Waals surface area contributed by atoms with E-state index in [1.54, 1.807) is 0 Å². The molecule has 3 rings (SSSR count). The van der Waals surface area contributed by atoms with Gasteiger partial charge in [0.1, 0.15) is 30.0 Å². The van der Waals surface area contributed by atoms with E-state index < -0.39 is 0 Å². The van der Waals surface area contributed by atoms with Gasteiger partial charge in [-0.05, 0) is 47.7 Å². The normalized spacial score (nSPS) is 10.7. The number of rotatable bonds is 6. The summed E-state index contributed by atoms with van der Waals surface area (Å²) in [6.07, 6.45) is 1.43. The van der Waals surface area contributed by atoms with Crippen LogP contribution in [0.4, 0.5) is 5.69 Å². The molecule has 118 valence electrons. The summed E-state index contributed by atoms with van der Waals surface area (Å²) < 4.78 is 10.7. The van der Waals surface area contributed by atoms with Crippen LogP contribution in [0.25, 0.3) is 11.3 Å². The smallest absolute Gasteiger partial charge is 0.147 e. The van der Waals surface area contributed by atoms with Gasteiger partial charge in [-0.25, -0.2) is 0 Å². The number of benzene rings is 2. The largest absolute Gasteiger partial charge is 0.489 e. The number of hydrogen-bond donors (Lipinski definition) is 1. The zero-order valence-corrected chi connectivity index (χ0v) is 13.7. The van der Waals surface area contributed by atoms with Crippen molar-refractivity contribution in [3.05, 3.63) is 60.4 Å². The highest BCUT2D eigenvalue weighted by molar-refractivity contribution is 7.99. The van der Waals surface area contributed by atoms with E-state index in [1.807, 2.05) is 36.0 Å². The first-order chi connectivity index (χ1) is 11.3. The fraction of sp³-hybridized carbons (Fsp3) is 0.167. The number of hydrogen-bond acceptors (Lipinski definition) is 5. The molecule has 0 amide bonds. The van der Waals surface area contributed by atoms with Crippen LogP contribution in [0.1, 0.15) is 12.5 Å². The van der Waals surface area contributed by atoms with Gasteiger partial charge in [-0.1, -0.05) is 24.2 Å². The fourth-order valence-corrected chi connectivity index (χ4v) is 2.85. The zero-order chi connectivity index (χ0) is 16.1. The highest BCUT2D eigenvalue weighted by Gasteiger charge is 2.07. The van der Waals surface area contributed by atoms with Gasteiger partial charge in [0.05, 0.1) is 0 Å². The van der Waals surface area contributed by atoms with E-state index in [0.717, 1.165) is 22.6 Å². The molecule has 0 aliphatic carbocycles. The van der Waals surface area contributed by atoms with Crippen molar-refractivity contribution >= 4 is 17.4 Å². The minimum absolute atomic E-state index is 0.531. The quantitative estimate of drug-likeness (QED) is 0.670. The maximum atomic E-state index is 5.81. The average Bonchev–Trinajstić information content (AvgIpc) is 3.01. The zero-order valence-electron chi connectivity index (χ0n) is 12.9. The Morgan fingerprint density at radius 3 is 2.43 bits per heavy atom. The number of nitrogens with two attached hydrogens (primary N) is 1. The molecule has 2 aromatic carbocycles. The number of nitrogens with zero attached hydrogens (tertiary/aromatic N) is 1. The molecule has 0 radical (unpaired) electrons. The SMILES string of the molecule is CCSc1ccc(COc2ccc(-c3nocc3N)cc2)cc1. The summed E-state index contributed by atoms with van der Waals surface area (Å²) in [6.45, 7) is 2.69. The Kier molecular flexibility index (Phi) is 4.88. The van der Waals surface area contributed by atoms with Gasteiger partial charge in [-0.3, -0.25) is 0 Å². The molecule has 0 fully saturated rings. The second-order valence-electron chi connectivity index (χ2n) is 5.01. The van der Waals surface area contributed by atoms with Gasteiger partial charge in [0.2, 0.25) is 0 Å². The van der Waals surface area contributed by atoms with Crippen LogP contribution in [0.5, 0.6) is 5.75 Å². The highest BCUT2D eigenvalue weighted by atomic mass is 32.2. The third-order valence-corrected chi connectivity index (χ3v) is 4.26. The molecule has 0 aliphatic heterocycles. The first-order valence-corrected chi connectivity index (χ1v) is 8.39. The molecule has 5 heteroatoms. The summed E-state index contributed by atoms with van der Waals surface area (Å²) in [7, 11) is 0. The molecule has 0 saturated heterocycles. The van der Waals surface area contributed by atoms with Gasteiger partial charge in [0.25, 0.3) is 0 Å². The lowest BCUT2D eigenvalue weighted by Crippen LogP contribution is -1.95. The van der Waals surface area contributed by atoms with Crippen molar-refractivity contribution in [3.8, 4) is 17.0 Å². The Hall–Kier alpha value is -2.40. The highest BCUT2D eigenvalue weighted by Crippen LogP contribution is 2.26. The van der Waals surface area contributed by atoms with Crippen LogP contribution in [0.3, 0.4) is 0 Å². The number of thioether (sulfide) groups is 1. The second-order valence-corrected chi connectivity index (χ2v) is 6.35. The predicted octanol–water partition coefficient (Wildman–Crippen LogP) is 4.61. The lowest BCUT2D eigenvalue weighted by molar-refractivity contribution is 0.306. The molecular weight excluding hydrogens is 308 g/mol. The number of aromatic nitrogens is 1. The molecule has 0 spiro atoms. The van der Waals surface area contributed by atoms with Crippen molar-refractivity contribution in [2.45, 2.75) is 18.4 Å². The molecule has 1 heterocycles. The van der Waals surface area contributed by atoms with E-state index in [0.29, 0.717) is 18.0 Å². The molecular formula is C18H18N2O2S. The van der Waals surface area contributed by atoms with E-state index in [2.05, 4.69) is 36.3 Å². The van der Waals surface area contributed by atoms with Crippen molar-refractivity contribution in [2.75, 3.05) is 11.5 Å². The molecule has 3 aromatic rings. The van der Waals surface area contributed by atoms with Gasteiger partial charge in [-0.15, -0.1) is 11.8 Å². The summed E-state index contributed by atoms with van der Waals surface area (Å²) in [4.78, 5) is 1.28. The number of anilines is 1. The number of nitrogen functional groups attached to an aromatic ring is 1. The Labute approximate surface area is 139 Å². The van der Waals surface area contributed by atoms with Crippen LogP contribution < -0.4 is 10.5 Å².